The Kier molecular flexibility index (Phi) is 5.02. The monoisotopic (exact) mass is 248 g/mol. The maximum absolute atomic E-state index is 6.01. The summed E-state index contributed by atoms with van der Waals surface area (Å²) in [5.41, 5.74) is 7.24. The highest BCUT2D eigenvalue weighted by molar-refractivity contribution is 5.36. The summed E-state index contributed by atoms with van der Waals surface area (Å²) in [6, 6.07) is 8.53. The minimum Gasteiger partial charge on any atom is -0.496 e. The van der Waals surface area contributed by atoms with E-state index in [2.05, 4.69) is 17.0 Å². The van der Waals surface area contributed by atoms with Crippen LogP contribution in [0.2, 0.25) is 0 Å². The van der Waals surface area contributed by atoms with E-state index in [1.54, 1.807) is 7.11 Å². The molecular weight excluding hydrogens is 224 g/mol. The fourth-order valence-electron chi connectivity index (χ4n) is 2.82. The second-order valence-electron chi connectivity index (χ2n) is 4.94. The number of rotatable bonds is 4. The molecule has 2 rings (SSSR count). The topological polar surface area (TPSA) is 38.5 Å². The van der Waals surface area contributed by atoms with Crippen molar-refractivity contribution in [1.82, 2.24) is 4.90 Å². The van der Waals surface area contributed by atoms with Gasteiger partial charge in [-0.25, -0.2) is 0 Å². The zero-order valence-electron chi connectivity index (χ0n) is 11.3. The van der Waals surface area contributed by atoms with E-state index in [0.717, 1.165) is 18.8 Å². The van der Waals surface area contributed by atoms with Crippen molar-refractivity contribution in [3.63, 3.8) is 0 Å². The first-order chi connectivity index (χ1) is 8.86. The Balaban J connectivity index is 2.20. The largest absolute Gasteiger partial charge is 0.496 e. The first-order valence-corrected chi connectivity index (χ1v) is 6.94. The standard InChI is InChI=1S/C15H24N2O/c1-18-15-9-5-4-8-13(15)14(12-16)17-10-6-2-3-7-11-17/h4-5,8-9,14H,2-3,6-7,10-12,16H2,1H3. The van der Waals surface area contributed by atoms with Gasteiger partial charge in [0.15, 0.2) is 0 Å². The highest BCUT2D eigenvalue weighted by Crippen LogP contribution is 2.30. The fourth-order valence-corrected chi connectivity index (χ4v) is 2.82. The van der Waals surface area contributed by atoms with E-state index in [4.69, 9.17) is 10.5 Å². The van der Waals surface area contributed by atoms with Crippen molar-refractivity contribution in [2.75, 3.05) is 26.7 Å². The molecule has 0 bridgehead atoms. The summed E-state index contributed by atoms with van der Waals surface area (Å²) in [6.07, 6.45) is 5.26. The Labute approximate surface area is 110 Å². The molecule has 1 fully saturated rings. The summed E-state index contributed by atoms with van der Waals surface area (Å²) in [5, 5.41) is 0. The average Bonchev–Trinajstić information content (AvgIpc) is 2.69. The first-order valence-electron chi connectivity index (χ1n) is 6.94. The molecule has 0 aromatic heterocycles. The minimum absolute atomic E-state index is 0.291. The lowest BCUT2D eigenvalue weighted by Crippen LogP contribution is -2.34. The van der Waals surface area contributed by atoms with Crippen molar-refractivity contribution in [1.29, 1.82) is 0 Å². The lowest BCUT2D eigenvalue weighted by Gasteiger charge is -2.30. The number of nitrogens with two attached hydrogens (primary N) is 1. The van der Waals surface area contributed by atoms with Gasteiger partial charge in [-0.15, -0.1) is 0 Å². The van der Waals surface area contributed by atoms with Crippen LogP contribution in [-0.2, 0) is 0 Å². The number of methoxy groups -OCH3 is 1. The van der Waals surface area contributed by atoms with Crippen molar-refractivity contribution in [2.45, 2.75) is 31.7 Å². The number of likely N-dealkylation sites (tertiary alicyclic amines) is 1. The number of ether oxygens (including phenoxy) is 1. The van der Waals surface area contributed by atoms with Crippen LogP contribution in [0.4, 0.5) is 0 Å². The molecule has 0 radical (unpaired) electrons. The summed E-state index contributed by atoms with van der Waals surface area (Å²) in [6.45, 7) is 2.96. The van der Waals surface area contributed by atoms with E-state index in [-0.39, 0.29) is 0 Å². The summed E-state index contributed by atoms with van der Waals surface area (Å²) < 4.78 is 5.47. The van der Waals surface area contributed by atoms with E-state index < -0.39 is 0 Å². The van der Waals surface area contributed by atoms with E-state index in [1.165, 1.54) is 31.2 Å². The Morgan fingerprint density at radius 2 is 1.83 bits per heavy atom. The van der Waals surface area contributed by atoms with E-state index in [0.29, 0.717) is 12.6 Å². The molecule has 3 heteroatoms. The predicted octanol–water partition coefficient (Wildman–Crippen LogP) is 2.57. The molecule has 1 aromatic rings. The van der Waals surface area contributed by atoms with Crippen LogP contribution >= 0.6 is 0 Å². The van der Waals surface area contributed by atoms with Gasteiger partial charge < -0.3 is 10.5 Å². The van der Waals surface area contributed by atoms with E-state index in [1.807, 2.05) is 12.1 Å². The summed E-state index contributed by atoms with van der Waals surface area (Å²) in [7, 11) is 1.73. The molecule has 1 aliphatic heterocycles. The molecule has 2 N–H and O–H groups in total. The van der Waals surface area contributed by atoms with Crippen LogP contribution < -0.4 is 10.5 Å². The second kappa shape index (κ2) is 6.76. The van der Waals surface area contributed by atoms with Gasteiger partial charge in [-0.1, -0.05) is 31.0 Å². The fraction of sp³-hybridized carbons (Fsp3) is 0.600. The Hall–Kier alpha value is -1.06. The molecule has 0 saturated carbocycles. The van der Waals surface area contributed by atoms with Crippen LogP contribution in [0.15, 0.2) is 24.3 Å². The summed E-state index contributed by atoms with van der Waals surface area (Å²) >= 11 is 0. The van der Waals surface area contributed by atoms with Gasteiger partial charge in [0.25, 0.3) is 0 Å². The molecule has 1 aliphatic rings. The minimum atomic E-state index is 0.291. The smallest absolute Gasteiger partial charge is 0.123 e. The third-order valence-electron chi connectivity index (χ3n) is 3.80. The molecule has 1 heterocycles. The van der Waals surface area contributed by atoms with Crippen molar-refractivity contribution < 1.29 is 4.74 Å². The summed E-state index contributed by atoms with van der Waals surface area (Å²) in [5.74, 6) is 0.956. The van der Waals surface area contributed by atoms with Gasteiger partial charge in [-0.2, -0.15) is 0 Å². The molecule has 1 unspecified atom stereocenters. The van der Waals surface area contributed by atoms with Crippen LogP contribution in [0.1, 0.15) is 37.3 Å². The van der Waals surface area contributed by atoms with Gasteiger partial charge in [0.2, 0.25) is 0 Å². The molecule has 1 saturated heterocycles. The van der Waals surface area contributed by atoms with Crippen LogP contribution in [0.5, 0.6) is 5.75 Å². The number of benzene rings is 1. The Morgan fingerprint density at radius 3 is 2.44 bits per heavy atom. The Bertz CT molecular complexity index is 359. The van der Waals surface area contributed by atoms with Crippen LogP contribution in [0.25, 0.3) is 0 Å². The van der Waals surface area contributed by atoms with Crippen molar-refractivity contribution >= 4 is 0 Å². The quantitative estimate of drug-likeness (QED) is 0.890. The molecule has 3 nitrogen and oxygen atoms in total. The maximum atomic E-state index is 6.01. The molecular formula is C15H24N2O. The highest BCUT2D eigenvalue weighted by Gasteiger charge is 2.22. The third-order valence-corrected chi connectivity index (χ3v) is 3.80. The number of hydrogen-bond donors (Lipinski definition) is 1. The SMILES string of the molecule is COc1ccccc1C(CN)N1CCCCCC1. The van der Waals surface area contributed by atoms with E-state index >= 15 is 0 Å². The molecule has 0 aliphatic carbocycles. The first kappa shape index (κ1) is 13.4. The summed E-state index contributed by atoms with van der Waals surface area (Å²) in [4.78, 5) is 2.52. The number of hydrogen-bond acceptors (Lipinski definition) is 3. The van der Waals surface area contributed by atoms with Gasteiger partial charge in [0, 0.05) is 12.1 Å². The van der Waals surface area contributed by atoms with Gasteiger partial charge in [0.05, 0.1) is 13.2 Å². The van der Waals surface area contributed by atoms with Crippen molar-refractivity contribution in [3.05, 3.63) is 29.8 Å². The average molecular weight is 248 g/mol. The molecule has 100 valence electrons. The van der Waals surface area contributed by atoms with Gasteiger partial charge in [-0.3, -0.25) is 4.90 Å². The predicted molar refractivity (Wildman–Crippen MR) is 74.8 cm³/mol. The molecule has 1 aromatic carbocycles. The van der Waals surface area contributed by atoms with Gasteiger partial charge >= 0.3 is 0 Å². The van der Waals surface area contributed by atoms with Crippen molar-refractivity contribution in [3.8, 4) is 5.75 Å². The van der Waals surface area contributed by atoms with Gasteiger partial charge in [-0.05, 0) is 32.0 Å². The highest BCUT2D eigenvalue weighted by atomic mass is 16.5. The van der Waals surface area contributed by atoms with Crippen LogP contribution in [0, 0.1) is 0 Å². The molecule has 1 atom stereocenters. The zero-order chi connectivity index (χ0) is 12.8. The van der Waals surface area contributed by atoms with Gasteiger partial charge in [0.1, 0.15) is 5.75 Å². The van der Waals surface area contributed by atoms with Crippen molar-refractivity contribution in [2.24, 2.45) is 5.73 Å². The van der Waals surface area contributed by atoms with Crippen LogP contribution in [-0.4, -0.2) is 31.6 Å². The number of nitrogens with zero attached hydrogens (tertiary/aromatic N) is 1. The second-order valence-corrected chi connectivity index (χ2v) is 4.94. The number of para-hydroxylation sites is 1. The third kappa shape index (κ3) is 3.03. The Morgan fingerprint density at radius 1 is 1.17 bits per heavy atom. The zero-order valence-corrected chi connectivity index (χ0v) is 11.3. The molecule has 0 spiro atoms. The maximum Gasteiger partial charge on any atom is 0.123 e. The lowest BCUT2D eigenvalue weighted by molar-refractivity contribution is 0.205. The molecule has 18 heavy (non-hydrogen) atoms. The molecule has 0 amide bonds. The lowest BCUT2D eigenvalue weighted by atomic mass is 10.0. The van der Waals surface area contributed by atoms with Crippen LogP contribution in [0.3, 0.4) is 0 Å². The van der Waals surface area contributed by atoms with E-state index in [9.17, 15) is 0 Å². The normalized spacial score (nSPS) is 19.2.